The van der Waals surface area contributed by atoms with Crippen molar-refractivity contribution in [1.29, 1.82) is 5.26 Å². The average molecular weight is 730 g/mol. The van der Waals surface area contributed by atoms with Crippen molar-refractivity contribution in [3.63, 3.8) is 0 Å². The first-order valence-corrected chi connectivity index (χ1v) is 11.3. The predicted octanol–water partition coefficient (Wildman–Crippen LogP) is 5.69. The molecule has 2 aromatic carbocycles. The van der Waals surface area contributed by atoms with Crippen LogP contribution in [0.5, 0.6) is 0 Å². The van der Waals surface area contributed by atoms with Crippen molar-refractivity contribution in [2.45, 2.75) is 16.2 Å². The Labute approximate surface area is 224 Å². The van der Waals surface area contributed by atoms with E-state index in [9.17, 15) is 39.2 Å². The summed E-state index contributed by atoms with van der Waals surface area (Å²) in [6, 6.07) is 12.8. The fraction of sp³-hybridized carbons (Fsp3) is 0.0417. The Morgan fingerprint density at radius 3 is 1.74 bits per heavy atom. The van der Waals surface area contributed by atoms with Gasteiger partial charge in [0.25, 0.3) is 0 Å². The number of sulfone groups is 1. The summed E-state index contributed by atoms with van der Waals surface area (Å²) in [5, 5.41) is 7.46. The van der Waals surface area contributed by atoms with Crippen LogP contribution in [0.15, 0.2) is 58.6 Å². The maximum atomic E-state index is 14.6. The molecule has 0 amide bonds. The summed E-state index contributed by atoms with van der Waals surface area (Å²) in [5.41, 5.74) is -5.50. The van der Waals surface area contributed by atoms with E-state index in [-0.39, 0.29) is 32.8 Å². The number of hydrogen-bond donors (Lipinski definition) is 0. The van der Waals surface area contributed by atoms with Crippen LogP contribution in [-0.2, 0) is 37.1 Å². The molecule has 0 saturated heterocycles. The molecule has 2 heterocycles. The van der Waals surface area contributed by atoms with Gasteiger partial charge in [0.05, 0.1) is 29.3 Å². The number of aromatic nitrogens is 2. The molecule has 0 aliphatic heterocycles. The van der Waals surface area contributed by atoms with Gasteiger partial charge < -0.3 is 0 Å². The molecule has 0 aliphatic rings. The van der Waals surface area contributed by atoms with Crippen molar-refractivity contribution < 1.29 is 60.2 Å². The second kappa shape index (κ2) is 10.6. The van der Waals surface area contributed by atoms with Gasteiger partial charge in [-0.05, 0) is 23.5 Å². The van der Waals surface area contributed by atoms with E-state index >= 15 is 0 Å². The topological polar surface area (TPSA) is 83.7 Å². The molecule has 0 aliphatic carbocycles. The van der Waals surface area contributed by atoms with Gasteiger partial charge in [-0.25, -0.2) is 8.42 Å². The van der Waals surface area contributed by atoms with Gasteiger partial charge in [-0.1, -0.05) is 35.4 Å². The normalized spacial score (nSPS) is 11.5. The largest absolute Gasteiger partial charge is 2.00 e. The molecule has 0 bridgehead atoms. The standard InChI is InChI=1S/C24H8F7N3O2S.Pt/c25-15-9-7-12(22(27)14(15)11-32)17-3-1-5-19(33-17)37(35,36)20-6-2-4-18(34-20)13-8-10-16(26)21(23(13)28)24(29,30)31;/h1-6,9-10H;/q-2;+2. The second-order valence-corrected chi connectivity index (χ2v) is 9.08. The first-order valence-electron chi connectivity index (χ1n) is 9.83. The monoisotopic (exact) mass is 730 g/mol. The van der Waals surface area contributed by atoms with Gasteiger partial charge in [-0.3, -0.25) is 27.5 Å². The molecule has 0 radical (unpaired) electrons. The van der Waals surface area contributed by atoms with E-state index in [1.807, 2.05) is 6.07 Å². The van der Waals surface area contributed by atoms with Crippen molar-refractivity contribution in [2.75, 3.05) is 0 Å². The Kier molecular flexibility index (Phi) is 8.10. The Morgan fingerprint density at radius 2 is 1.26 bits per heavy atom. The first-order chi connectivity index (χ1) is 17.4. The fourth-order valence-electron chi connectivity index (χ4n) is 3.25. The SMILES string of the molecule is N#Cc1c(F)c[c-]c(-c2cccc(S(=O)(=O)c3cccc(-c4[c-]cc(F)c(C(F)(F)F)c4F)n3)n2)c1F.[Pt+2]. The van der Waals surface area contributed by atoms with E-state index in [1.54, 1.807) is 0 Å². The zero-order valence-electron chi connectivity index (χ0n) is 18.1. The Morgan fingerprint density at radius 1 is 0.789 bits per heavy atom. The van der Waals surface area contributed by atoms with E-state index in [4.69, 9.17) is 5.26 Å². The zero-order valence-corrected chi connectivity index (χ0v) is 21.2. The summed E-state index contributed by atoms with van der Waals surface area (Å²) in [4.78, 5) is 7.52. The zero-order chi connectivity index (χ0) is 27.1. The van der Waals surface area contributed by atoms with Gasteiger partial charge >= 0.3 is 27.2 Å². The molecule has 4 aromatic rings. The van der Waals surface area contributed by atoms with Gasteiger partial charge in [0.1, 0.15) is 0 Å². The van der Waals surface area contributed by atoms with Crippen molar-refractivity contribution in [2.24, 2.45) is 0 Å². The Balaban J connectivity index is 0.00000400. The molecule has 0 N–H and O–H groups in total. The average Bonchev–Trinajstić information content (AvgIpc) is 2.84. The summed E-state index contributed by atoms with van der Waals surface area (Å²) in [6.07, 6.45) is -5.38. The van der Waals surface area contributed by atoms with Crippen LogP contribution in [0.25, 0.3) is 22.5 Å². The van der Waals surface area contributed by atoms with E-state index in [0.717, 1.165) is 30.3 Å². The summed E-state index contributed by atoms with van der Waals surface area (Å²) in [6.45, 7) is 0. The number of hydrogen-bond acceptors (Lipinski definition) is 5. The van der Waals surface area contributed by atoms with Crippen LogP contribution in [-0.4, -0.2) is 18.4 Å². The van der Waals surface area contributed by atoms with Crippen LogP contribution in [0.1, 0.15) is 11.1 Å². The molecule has 0 saturated carbocycles. The number of benzene rings is 2. The third kappa shape index (κ3) is 5.19. The van der Waals surface area contributed by atoms with Crippen molar-refractivity contribution in [3.8, 4) is 28.6 Å². The Hall–Kier alpha value is -3.62. The molecule has 5 nitrogen and oxygen atoms in total. The summed E-state index contributed by atoms with van der Waals surface area (Å²) in [5.74, 6) is -6.47. The van der Waals surface area contributed by atoms with E-state index in [2.05, 4.69) is 16.0 Å². The minimum Gasteiger partial charge on any atom is -0.285 e. The summed E-state index contributed by atoms with van der Waals surface area (Å²) < 4.78 is 122. The number of pyridine rings is 2. The minimum absolute atomic E-state index is 0. The molecule has 0 spiro atoms. The maximum Gasteiger partial charge on any atom is 2.00 e. The molecule has 14 heteroatoms. The quantitative estimate of drug-likeness (QED) is 0.199. The molecule has 4 rings (SSSR count). The molecular weight excluding hydrogens is 722 g/mol. The van der Waals surface area contributed by atoms with Crippen LogP contribution in [0.4, 0.5) is 30.7 Å². The van der Waals surface area contributed by atoms with Crippen LogP contribution in [0.3, 0.4) is 0 Å². The number of nitriles is 1. The molecule has 0 unspecified atom stereocenters. The third-order valence-corrected chi connectivity index (χ3v) is 6.50. The summed E-state index contributed by atoms with van der Waals surface area (Å²) in [7, 11) is -4.63. The number of nitrogens with zero attached hydrogens (tertiary/aromatic N) is 3. The smallest absolute Gasteiger partial charge is 0.285 e. The predicted molar refractivity (Wildman–Crippen MR) is 112 cm³/mol. The molecule has 0 fully saturated rings. The first kappa shape index (κ1) is 28.9. The van der Waals surface area contributed by atoms with Gasteiger partial charge in [-0.15, -0.1) is 24.3 Å². The minimum atomic E-state index is -5.38. The molecule has 196 valence electrons. The fourth-order valence-corrected chi connectivity index (χ4v) is 4.42. The molecule has 2 aromatic heterocycles. The van der Waals surface area contributed by atoms with E-state index in [0.29, 0.717) is 6.07 Å². The molecular formula is C24H8F7N3O2PtS. The maximum absolute atomic E-state index is 14.6. The van der Waals surface area contributed by atoms with Crippen LogP contribution in [0, 0.1) is 46.7 Å². The molecule has 0 atom stereocenters. The Bertz CT molecular complexity index is 1700. The van der Waals surface area contributed by atoms with Crippen molar-refractivity contribution in [1.82, 2.24) is 9.97 Å². The van der Waals surface area contributed by atoms with Crippen molar-refractivity contribution >= 4 is 9.84 Å². The third-order valence-electron chi connectivity index (χ3n) is 4.95. The van der Waals surface area contributed by atoms with E-state index < -0.39 is 77.3 Å². The van der Waals surface area contributed by atoms with Gasteiger partial charge in [0.15, 0.2) is 10.1 Å². The van der Waals surface area contributed by atoms with Gasteiger partial charge in [0.2, 0.25) is 9.84 Å². The van der Waals surface area contributed by atoms with Crippen LogP contribution >= 0.6 is 0 Å². The van der Waals surface area contributed by atoms with Crippen LogP contribution in [0.2, 0.25) is 0 Å². The van der Waals surface area contributed by atoms with Crippen LogP contribution < -0.4 is 0 Å². The second-order valence-electron chi connectivity index (χ2n) is 7.24. The van der Waals surface area contributed by atoms with Gasteiger partial charge in [0, 0.05) is 11.1 Å². The molecule has 38 heavy (non-hydrogen) atoms. The van der Waals surface area contributed by atoms with E-state index in [1.165, 1.54) is 12.1 Å². The van der Waals surface area contributed by atoms with Crippen molar-refractivity contribution in [3.05, 3.63) is 95.1 Å². The number of halogens is 7. The number of rotatable bonds is 4. The summed E-state index contributed by atoms with van der Waals surface area (Å²) >= 11 is 0. The number of alkyl halides is 3. The van der Waals surface area contributed by atoms with Gasteiger partial charge in [-0.2, -0.15) is 18.4 Å².